The Morgan fingerprint density at radius 3 is 2.04 bits per heavy atom. The van der Waals surface area contributed by atoms with E-state index in [-0.39, 0.29) is 11.8 Å². The number of fused-ring (bicyclic) bond motifs is 1. The third-order valence-corrected chi connectivity index (χ3v) is 3.91. The van der Waals surface area contributed by atoms with Crippen molar-refractivity contribution in [1.82, 2.24) is 0 Å². The van der Waals surface area contributed by atoms with Crippen molar-refractivity contribution >= 4 is 45.6 Å². The molecule has 0 bridgehead atoms. The minimum atomic E-state index is -0.213. The van der Waals surface area contributed by atoms with Gasteiger partial charge in [0, 0.05) is 34.3 Å². The van der Waals surface area contributed by atoms with Crippen LogP contribution in [0.5, 0.6) is 0 Å². The number of rotatable bonds is 3. The average Bonchev–Trinajstić information content (AvgIpc) is 2.56. The fraction of sp³-hybridized carbons (Fsp3) is 0.0526. The van der Waals surface area contributed by atoms with Crippen molar-refractivity contribution in [2.45, 2.75) is 6.92 Å². The van der Waals surface area contributed by atoms with Gasteiger partial charge in [-0.25, -0.2) is 0 Å². The number of benzene rings is 3. The zero-order valence-corrected chi connectivity index (χ0v) is 13.7. The molecule has 0 fully saturated rings. The Kier molecular flexibility index (Phi) is 4.49. The summed E-state index contributed by atoms with van der Waals surface area (Å²) < 4.78 is 0. The number of halogens is 1. The first-order valence-electron chi connectivity index (χ1n) is 7.41. The quantitative estimate of drug-likeness (QED) is 0.727. The van der Waals surface area contributed by atoms with E-state index in [0.29, 0.717) is 22.0 Å². The number of amides is 2. The molecule has 3 rings (SSSR count). The predicted octanol–water partition coefficient (Wildman–Crippen LogP) is 4.70. The summed E-state index contributed by atoms with van der Waals surface area (Å²) in [5.41, 5.74) is 1.88. The van der Waals surface area contributed by atoms with Gasteiger partial charge >= 0.3 is 0 Å². The molecule has 2 N–H and O–H groups in total. The maximum absolute atomic E-state index is 12.6. The predicted molar refractivity (Wildman–Crippen MR) is 97.7 cm³/mol. The second-order valence-electron chi connectivity index (χ2n) is 5.35. The van der Waals surface area contributed by atoms with Crippen LogP contribution in [0.2, 0.25) is 5.02 Å². The monoisotopic (exact) mass is 338 g/mol. The molecule has 0 radical (unpaired) electrons. The van der Waals surface area contributed by atoms with Crippen LogP contribution in [0, 0.1) is 0 Å². The van der Waals surface area contributed by atoms with Crippen LogP contribution in [-0.2, 0) is 4.79 Å². The first-order chi connectivity index (χ1) is 11.5. The molecule has 0 aliphatic rings. The largest absolute Gasteiger partial charge is 0.326 e. The Morgan fingerprint density at radius 2 is 1.38 bits per heavy atom. The van der Waals surface area contributed by atoms with E-state index in [1.165, 1.54) is 6.92 Å². The van der Waals surface area contributed by atoms with Gasteiger partial charge in [0.25, 0.3) is 5.91 Å². The van der Waals surface area contributed by atoms with Gasteiger partial charge in [-0.1, -0.05) is 35.9 Å². The first-order valence-corrected chi connectivity index (χ1v) is 7.78. The number of anilines is 2. The van der Waals surface area contributed by atoms with Crippen LogP contribution in [0.3, 0.4) is 0 Å². The molecule has 0 heterocycles. The molecule has 4 nitrogen and oxygen atoms in total. The van der Waals surface area contributed by atoms with E-state index in [1.54, 1.807) is 36.4 Å². The molecule has 0 atom stereocenters. The number of carbonyl (C=O) groups is 2. The molecular weight excluding hydrogens is 324 g/mol. The highest BCUT2D eigenvalue weighted by atomic mass is 35.5. The van der Waals surface area contributed by atoms with Crippen molar-refractivity contribution in [3.8, 4) is 0 Å². The molecule has 0 aliphatic carbocycles. The molecule has 0 unspecified atom stereocenters. The Balaban J connectivity index is 1.85. The molecule has 5 heteroatoms. The molecule has 2 amide bonds. The topological polar surface area (TPSA) is 58.2 Å². The van der Waals surface area contributed by atoms with Gasteiger partial charge in [-0.3, -0.25) is 9.59 Å². The van der Waals surface area contributed by atoms with Crippen LogP contribution in [0.15, 0.2) is 60.7 Å². The highest BCUT2D eigenvalue weighted by molar-refractivity contribution is 6.36. The van der Waals surface area contributed by atoms with Crippen LogP contribution >= 0.6 is 11.6 Å². The van der Waals surface area contributed by atoms with Gasteiger partial charge in [-0.05, 0) is 41.8 Å². The summed E-state index contributed by atoms with van der Waals surface area (Å²) >= 11 is 6.19. The van der Waals surface area contributed by atoms with Gasteiger partial charge in [0.2, 0.25) is 5.91 Å². The summed E-state index contributed by atoms with van der Waals surface area (Å²) in [6, 6.07) is 17.9. The van der Waals surface area contributed by atoms with Crippen LogP contribution in [0.25, 0.3) is 10.8 Å². The number of hydrogen-bond acceptors (Lipinski definition) is 2. The Hall–Kier alpha value is -2.85. The SMILES string of the molecule is CC(=O)Nc1ccc(NC(=O)c2cccc3c(Cl)cccc23)cc1. The molecule has 0 saturated heterocycles. The summed E-state index contributed by atoms with van der Waals surface area (Å²) in [6.45, 7) is 1.45. The van der Waals surface area contributed by atoms with Crippen molar-refractivity contribution < 1.29 is 9.59 Å². The Bertz CT molecular complexity index is 920. The van der Waals surface area contributed by atoms with Gasteiger partial charge < -0.3 is 10.6 Å². The lowest BCUT2D eigenvalue weighted by Gasteiger charge is -2.10. The summed E-state index contributed by atoms with van der Waals surface area (Å²) in [5.74, 6) is -0.352. The molecule has 0 aromatic heterocycles. The molecule has 0 spiro atoms. The van der Waals surface area contributed by atoms with Gasteiger partial charge in [0.1, 0.15) is 0 Å². The maximum atomic E-state index is 12.6. The Morgan fingerprint density at radius 1 is 0.792 bits per heavy atom. The van der Waals surface area contributed by atoms with E-state index in [0.717, 1.165) is 10.8 Å². The smallest absolute Gasteiger partial charge is 0.256 e. The third-order valence-electron chi connectivity index (χ3n) is 3.58. The zero-order valence-electron chi connectivity index (χ0n) is 13.0. The molecule has 0 saturated carbocycles. The molecular formula is C19H15ClN2O2. The zero-order chi connectivity index (χ0) is 17.1. The summed E-state index contributed by atoms with van der Waals surface area (Å²) in [4.78, 5) is 23.6. The fourth-order valence-corrected chi connectivity index (χ4v) is 2.75. The molecule has 3 aromatic rings. The first kappa shape index (κ1) is 16.0. The van der Waals surface area contributed by atoms with Gasteiger partial charge in [0.15, 0.2) is 0 Å². The summed E-state index contributed by atoms with van der Waals surface area (Å²) in [5, 5.41) is 7.79. The Labute approximate surface area is 144 Å². The summed E-state index contributed by atoms with van der Waals surface area (Å²) in [7, 11) is 0. The minimum absolute atomic E-state index is 0.139. The van der Waals surface area contributed by atoms with Crippen molar-refractivity contribution in [3.63, 3.8) is 0 Å². The van der Waals surface area contributed by atoms with E-state index in [1.807, 2.05) is 24.3 Å². The molecule has 0 aliphatic heterocycles. The third kappa shape index (κ3) is 3.39. The van der Waals surface area contributed by atoms with E-state index in [9.17, 15) is 9.59 Å². The lowest BCUT2D eigenvalue weighted by Crippen LogP contribution is -2.12. The maximum Gasteiger partial charge on any atom is 0.256 e. The molecule has 24 heavy (non-hydrogen) atoms. The van der Waals surface area contributed by atoms with Gasteiger partial charge in [0.05, 0.1) is 0 Å². The number of carbonyl (C=O) groups excluding carboxylic acids is 2. The van der Waals surface area contributed by atoms with E-state index < -0.39 is 0 Å². The average molecular weight is 339 g/mol. The second kappa shape index (κ2) is 6.72. The molecule has 120 valence electrons. The van der Waals surface area contributed by atoms with E-state index in [2.05, 4.69) is 10.6 Å². The normalized spacial score (nSPS) is 10.4. The standard InChI is InChI=1S/C19H15ClN2O2/c1-12(23)21-13-8-10-14(11-9-13)22-19(24)17-6-2-5-16-15(17)4-3-7-18(16)20/h2-11H,1H3,(H,21,23)(H,22,24). The fourth-order valence-electron chi connectivity index (χ4n) is 2.51. The lowest BCUT2D eigenvalue weighted by atomic mass is 10.0. The minimum Gasteiger partial charge on any atom is -0.326 e. The van der Waals surface area contributed by atoms with Crippen molar-refractivity contribution in [3.05, 3.63) is 71.2 Å². The van der Waals surface area contributed by atoms with Crippen molar-refractivity contribution in [2.75, 3.05) is 10.6 Å². The van der Waals surface area contributed by atoms with Crippen molar-refractivity contribution in [1.29, 1.82) is 0 Å². The van der Waals surface area contributed by atoms with Crippen LogP contribution < -0.4 is 10.6 Å². The number of nitrogens with one attached hydrogen (secondary N) is 2. The second-order valence-corrected chi connectivity index (χ2v) is 5.76. The molecule has 3 aromatic carbocycles. The highest BCUT2D eigenvalue weighted by Crippen LogP contribution is 2.26. The summed E-state index contributed by atoms with van der Waals surface area (Å²) in [6.07, 6.45) is 0. The highest BCUT2D eigenvalue weighted by Gasteiger charge is 2.11. The van der Waals surface area contributed by atoms with Gasteiger partial charge in [-0.15, -0.1) is 0 Å². The van der Waals surface area contributed by atoms with Crippen molar-refractivity contribution in [2.24, 2.45) is 0 Å². The van der Waals surface area contributed by atoms with Crippen LogP contribution in [0.1, 0.15) is 17.3 Å². The van der Waals surface area contributed by atoms with Gasteiger partial charge in [-0.2, -0.15) is 0 Å². The van der Waals surface area contributed by atoms with E-state index >= 15 is 0 Å². The van der Waals surface area contributed by atoms with E-state index in [4.69, 9.17) is 11.6 Å². The lowest BCUT2D eigenvalue weighted by molar-refractivity contribution is -0.114. The van der Waals surface area contributed by atoms with Crippen LogP contribution in [0.4, 0.5) is 11.4 Å². The number of hydrogen-bond donors (Lipinski definition) is 2. The van der Waals surface area contributed by atoms with Crippen LogP contribution in [-0.4, -0.2) is 11.8 Å².